The molecule has 2 amide bonds. The van der Waals surface area contributed by atoms with Gasteiger partial charge in [-0.05, 0) is 93.5 Å². The van der Waals surface area contributed by atoms with Gasteiger partial charge in [0, 0.05) is 59.2 Å². The number of aliphatic hydroxyl groups excluding tert-OH is 1. The number of fused-ring (bicyclic) bond motifs is 2. The Morgan fingerprint density at radius 1 is 1.00 bits per heavy atom. The van der Waals surface area contributed by atoms with Crippen molar-refractivity contribution in [3.63, 3.8) is 0 Å². The summed E-state index contributed by atoms with van der Waals surface area (Å²) in [6.45, 7) is 8.66. The first-order valence-electron chi connectivity index (χ1n) is 18.9. The number of aliphatic hydroxyl groups is 1. The van der Waals surface area contributed by atoms with Gasteiger partial charge in [-0.1, -0.05) is 54.1 Å². The molecule has 0 unspecified atom stereocenters. The number of piperidine rings is 1. The summed E-state index contributed by atoms with van der Waals surface area (Å²) in [6, 6.07) is 23.6. The third-order valence-electron chi connectivity index (χ3n) is 12.1. The van der Waals surface area contributed by atoms with Crippen LogP contribution in [-0.2, 0) is 39.4 Å². The van der Waals surface area contributed by atoms with E-state index in [1.165, 1.54) is 0 Å². The van der Waals surface area contributed by atoms with Crippen LogP contribution in [0.5, 0.6) is 0 Å². The van der Waals surface area contributed by atoms with Crippen molar-refractivity contribution in [2.24, 2.45) is 5.92 Å². The number of para-hydroxylation sites is 1. The van der Waals surface area contributed by atoms with Crippen LogP contribution >= 0.6 is 11.6 Å². The maximum absolute atomic E-state index is 14.9. The number of anilines is 3. The summed E-state index contributed by atoms with van der Waals surface area (Å²) in [4.78, 5) is 46.8. The molecule has 54 heavy (non-hydrogen) atoms. The first kappa shape index (κ1) is 36.8. The van der Waals surface area contributed by atoms with Crippen LogP contribution in [-0.4, -0.2) is 83.0 Å². The van der Waals surface area contributed by atoms with Crippen LogP contribution in [0.1, 0.15) is 43.0 Å². The van der Waals surface area contributed by atoms with Crippen molar-refractivity contribution in [2.75, 3.05) is 41.1 Å². The van der Waals surface area contributed by atoms with E-state index in [4.69, 9.17) is 16.3 Å². The molecular formula is C40H48ClN7O5Si. The lowest BCUT2D eigenvalue weighted by Crippen LogP contribution is -2.55. The van der Waals surface area contributed by atoms with Gasteiger partial charge in [0.15, 0.2) is 13.9 Å². The maximum atomic E-state index is 14.9. The molecule has 2 spiro atoms. The Morgan fingerprint density at radius 2 is 1.74 bits per heavy atom. The number of aryl methyl sites for hydroxylation is 1. The minimum Gasteiger partial charge on any atom is -0.432 e. The van der Waals surface area contributed by atoms with Gasteiger partial charge in [-0.2, -0.15) is 0 Å². The number of carbonyl (C=O) groups is 2. The van der Waals surface area contributed by atoms with E-state index in [0.29, 0.717) is 43.3 Å². The number of nitrogens with one attached hydrogen (secondary N) is 1. The van der Waals surface area contributed by atoms with Crippen molar-refractivity contribution in [3.8, 4) is 0 Å². The Hall–Kier alpha value is -4.11. The lowest BCUT2D eigenvalue weighted by Gasteiger charge is -2.39. The predicted octanol–water partition coefficient (Wildman–Crippen LogP) is 4.83. The zero-order chi connectivity index (χ0) is 37.8. The van der Waals surface area contributed by atoms with Crippen molar-refractivity contribution < 1.29 is 24.2 Å². The molecule has 3 saturated heterocycles. The molecule has 12 nitrogen and oxygen atoms in total. The highest BCUT2D eigenvalue weighted by Crippen LogP contribution is 2.60. The van der Waals surface area contributed by atoms with Crippen LogP contribution in [0.2, 0.25) is 23.7 Å². The molecule has 0 bridgehead atoms. The third-order valence-corrected chi connectivity index (χ3v) is 14.8. The van der Waals surface area contributed by atoms with Crippen molar-refractivity contribution in [1.82, 2.24) is 20.3 Å². The van der Waals surface area contributed by atoms with Crippen LogP contribution in [0.3, 0.4) is 0 Å². The second-order valence-corrected chi connectivity index (χ2v) is 20.1. The number of nitrogens with zero attached hydrogens (tertiary/aromatic N) is 6. The van der Waals surface area contributed by atoms with Crippen LogP contribution in [0.4, 0.5) is 17.1 Å². The highest BCUT2D eigenvalue weighted by molar-refractivity contribution is 6.71. The molecule has 0 saturated carbocycles. The normalized spacial score (nSPS) is 25.1. The van der Waals surface area contributed by atoms with Gasteiger partial charge in [0.2, 0.25) is 0 Å². The zero-order valence-electron chi connectivity index (χ0n) is 31.0. The second-order valence-electron chi connectivity index (χ2n) is 15.7. The second kappa shape index (κ2) is 14.2. The quantitative estimate of drug-likeness (QED) is 0.194. The number of halogens is 1. The van der Waals surface area contributed by atoms with Crippen molar-refractivity contribution in [1.29, 1.82) is 0 Å². The molecule has 4 aliphatic rings. The number of rotatable bonds is 10. The minimum absolute atomic E-state index is 0.00803. The van der Waals surface area contributed by atoms with E-state index in [9.17, 15) is 19.5 Å². The van der Waals surface area contributed by atoms with Gasteiger partial charge < -0.3 is 29.8 Å². The number of hydrogen-bond acceptors (Lipinski definition) is 9. The average Bonchev–Trinajstić information content (AvgIpc) is 3.88. The fourth-order valence-electron chi connectivity index (χ4n) is 9.54. The summed E-state index contributed by atoms with van der Waals surface area (Å²) in [5.41, 5.74) is 2.77. The highest BCUT2D eigenvalue weighted by Gasteiger charge is 2.66. The molecule has 1 aromatic heterocycles. The van der Waals surface area contributed by atoms with Crippen molar-refractivity contribution in [3.05, 3.63) is 101 Å². The first-order chi connectivity index (χ1) is 26.0. The Bertz CT molecular complexity index is 2020. The van der Waals surface area contributed by atoms with Crippen LogP contribution in [0.15, 0.2) is 79.0 Å². The standard InChI is InChI=1S/C40H48ClN7O5Si/c1-27-36(54(2,3)52)35(15-21-45-25-30(16-22-49)43-44-45)53-40(27)33-23-29(41)11-14-34(33)46(38(40)51)24-28-9-12-31(13-10-28)47-26-48(32-7-5-4-6-8-32)39(37(47)50)17-19-42-20-18-39/h4-14,23,25,27,35-36,42,49,52H,15-22,24,26H2,1-3H3/t27-,35+,36-,40+/m1/s1. The van der Waals surface area contributed by atoms with Gasteiger partial charge in [-0.15, -0.1) is 5.10 Å². The first-order valence-corrected chi connectivity index (χ1v) is 22.3. The monoisotopic (exact) mass is 769 g/mol. The average molecular weight is 770 g/mol. The number of carbonyl (C=O) groups excluding carboxylic acids is 2. The summed E-state index contributed by atoms with van der Waals surface area (Å²) in [5, 5.41) is 21.6. The zero-order valence-corrected chi connectivity index (χ0v) is 32.7. The lowest BCUT2D eigenvalue weighted by atomic mass is 9.82. The number of hydrogen-bond donors (Lipinski definition) is 3. The molecule has 4 aromatic rings. The third kappa shape index (κ3) is 6.15. The Labute approximate surface area is 321 Å². The van der Waals surface area contributed by atoms with Gasteiger partial charge in [-0.25, -0.2) is 0 Å². The topological polar surface area (TPSA) is 136 Å². The van der Waals surface area contributed by atoms with E-state index >= 15 is 0 Å². The molecule has 5 heterocycles. The maximum Gasteiger partial charge on any atom is 0.264 e. The summed E-state index contributed by atoms with van der Waals surface area (Å²) in [5.74, 6) is -0.388. The molecule has 3 N–H and O–H groups in total. The molecule has 4 aliphatic heterocycles. The summed E-state index contributed by atoms with van der Waals surface area (Å²) in [7, 11) is -2.86. The predicted molar refractivity (Wildman–Crippen MR) is 210 cm³/mol. The van der Waals surface area contributed by atoms with Crippen LogP contribution in [0.25, 0.3) is 0 Å². The van der Waals surface area contributed by atoms with E-state index < -0.39 is 25.6 Å². The van der Waals surface area contributed by atoms with Gasteiger partial charge in [0.1, 0.15) is 5.54 Å². The largest absolute Gasteiger partial charge is 0.432 e. The van der Waals surface area contributed by atoms with Gasteiger partial charge >= 0.3 is 0 Å². The molecule has 8 rings (SSSR count). The Morgan fingerprint density at radius 3 is 2.44 bits per heavy atom. The highest BCUT2D eigenvalue weighted by atomic mass is 35.5. The number of amides is 2. The van der Waals surface area contributed by atoms with Crippen LogP contribution < -0.4 is 20.0 Å². The van der Waals surface area contributed by atoms with Gasteiger partial charge in [-0.3, -0.25) is 19.2 Å². The van der Waals surface area contributed by atoms with E-state index in [1.54, 1.807) is 15.6 Å². The molecule has 14 heteroatoms. The molecule has 0 aliphatic carbocycles. The number of aromatic nitrogens is 3. The molecule has 3 aromatic carbocycles. The fraction of sp³-hybridized carbons (Fsp3) is 0.450. The minimum atomic E-state index is -2.86. The summed E-state index contributed by atoms with van der Waals surface area (Å²) in [6.07, 6.45) is 3.82. The summed E-state index contributed by atoms with van der Waals surface area (Å²) < 4.78 is 8.70. The SMILES string of the molecule is C[C@@H]1[C@@H]([Si](C)(C)O)[C@H](CCn2cc(CCO)nn2)O[C@@]12C(=O)N(Cc1ccc(N3CN(c4ccccc4)C4(CCNCC4)C3=O)cc1)c1ccc(Cl)cc12. The molecular weight excluding hydrogens is 722 g/mol. The number of benzene rings is 3. The smallest absolute Gasteiger partial charge is 0.264 e. The van der Waals surface area contributed by atoms with Crippen molar-refractivity contribution >= 4 is 48.8 Å². The summed E-state index contributed by atoms with van der Waals surface area (Å²) >= 11 is 6.61. The Kier molecular flexibility index (Phi) is 9.68. The Balaban J connectivity index is 1.06. The van der Waals surface area contributed by atoms with Crippen LogP contribution in [0, 0.1) is 5.92 Å². The van der Waals surface area contributed by atoms with Crippen molar-refractivity contribution in [2.45, 2.75) is 81.6 Å². The fourth-order valence-corrected chi connectivity index (χ4v) is 12.3. The molecule has 0 radical (unpaired) electrons. The lowest BCUT2D eigenvalue weighted by molar-refractivity contribution is -0.146. The van der Waals surface area contributed by atoms with E-state index in [0.717, 1.165) is 54.1 Å². The number of ether oxygens (including phenoxy) is 1. The molecule has 284 valence electrons. The van der Waals surface area contributed by atoms with E-state index in [2.05, 4.69) is 32.7 Å². The van der Waals surface area contributed by atoms with E-state index in [1.807, 2.05) is 85.7 Å². The molecule has 3 fully saturated rings. The molecule has 4 atom stereocenters. The van der Waals surface area contributed by atoms with Gasteiger partial charge in [0.05, 0.1) is 30.7 Å². The van der Waals surface area contributed by atoms with Gasteiger partial charge in [0.25, 0.3) is 11.8 Å². The van der Waals surface area contributed by atoms with E-state index in [-0.39, 0.29) is 29.9 Å².